The summed E-state index contributed by atoms with van der Waals surface area (Å²) in [6, 6.07) is 8.83. The number of nitrogens with zero attached hydrogens (tertiary/aromatic N) is 1. The van der Waals surface area contributed by atoms with Gasteiger partial charge in [-0.25, -0.2) is 0 Å². The molecule has 1 amide bonds. The summed E-state index contributed by atoms with van der Waals surface area (Å²) < 4.78 is 0. The number of hydrogen-bond donors (Lipinski definition) is 2. The van der Waals surface area contributed by atoms with Gasteiger partial charge >= 0.3 is 0 Å². The molecule has 0 unspecified atom stereocenters. The summed E-state index contributed by atoms with van der Waals surface area (Å²) in [5.74, 6) is 0.128. The van der Waals surface area contributed by atoms with Gasteiger partial charge in [0.25, 0.3) is 0 Å². The van der Waals surface area contributed by atoms with Crippen LogP contribution < -0.4 is 15.1 Å². The first kappa shape index (κ1) is 18.5. The molecule has 0 aliphatic heterocycles. The topological polar surface area (TPSA) is 36.8 Å². The van der Waals surface area contributed by atoms with Crippen LogP contribution in [0.2, 0.25) is 0 Å². The molecule has 1 aromatic rings. The summed E-state index contributed by atoms with van der Waals surface area (Å²) in [6.07, 6.45) is 0.558. The van der Waals surface area contributed by atoms with Gasteiger partial charge in [0.2, 0.25) is 5.91 Å². The van der Waals surface area contributed by atoms with Gasteiger partial charge < -0.3 is 15.1 Å². The zero-order valence-corrected chi connectivity index (χ0v) is 15.2. The van der Waals surface area contributed by atoms with Crippen LogP contribution in [0.15, 0.2) is 24.3 Å². The van der Waals surface area contributed by atoms with Crippen molar-refractivity contribution in [2.45, 2.75) is 33.2 Å². The van der Waals surface area contributed by atoms with Crippen molar-refractivity contribution in [2.24, 2.45) is 5.41 Å². The van der Waals surface area contributed by atoms with Gasteiger partial charge in [-0.05, 0) is 17.5 Å². The quantitative estimate of drug-likeness (QED) is 0.835. The average molecular weight is 306 g/mol. The highest BCUT2D eigenvalue weighted by atomic mass is 16.1. The molecular formula is C18H32N3O+. The molecule has 2 N–H and O–H groups in total. The molecule has 0 bridgehead atoms. The Morgan fingerprint density at radius 3 is 2.14 bits per heavy atom. The van der Waals surface area contributed by atoms with E-state index < -0.39 is 0 Å². The number of rotatable bonds is 6. The molecule has 1 atom stereocenters. The van der Waals surface area contributed by atoms with E-state index in [2.05, 4.69) is 69.3 Å². The molecule has 0 radical (unpaired) electrons. The van der Waals surface area contributed by atoms with Gasteiger partial charge in [0.05, 0.1) is 20.6 Å². The molecule has 0 spiro atoms. The molecule has 0 aliphatic rings. The summed E-state index contributed by atoms with van der Waals surface area (Å²) >= 11 is 0. The molecule has 0 aromatic heterocycles. The number of hydrogen-bond acceptors (Lipinski definition) is 2. The Bertz CT molecular complexity index is 472. The number of nitrogens with one attached hydrogen (secondary N) is 2. The second-order valence-electron chi connectivity index (χ2n) is 7.66. The lowest BCUT2D eigenvalue weighted by Gasteiger charge is -2.24. The maximum Gasteiger partial charge on any atom is 0.220 e. The summed E-state index contributed by atoms with van der Waals surface area (Å²) in [5, 5.41) is 3.09. The van der Waals surface area contributed by atoms with Crippen LogP contribution in [-0.2, 0) is 4.79 Å². The minimum absolute atomic E-state index is 0.0257. The summed E-state index contributed by atoms with van der Waals surface area (Å²) in [4.78, 5) is 15.4. The predicted octanol–water partition coefficient (Wildman–Crippen LogP) is 1.49. The third-order valence-electron chi connectivity index (χ3n) is 3.70. The van der Waals surface area contributed by atoms with Crippen molar-refractivity contribution in [3.8, 4) is 0 Å². The first-order chi connectivity index (χ1) is 10.1. The van der Waals surface area contributed by atoms with Gasteiger partial charge in [-0.1, -0.05) is 32.9 Å². The number of carbonyl (C=O) groups is 1. The zero-order chi connectivity index (χ0) is 16.9. The molecule has 0 saturated carbocycles. The summed E-state index contributed by atoms with van der Waals surface area (Å²) in [7, 11) is 8.33. The number of benzene rings is 1. The maximum atomic E-state index is 12.0. The first-order valence-electron chi connectivity index (χ1n) is 7.94. The Hall–Kier alpha value is -1.55. The second kappa shape index (κ2) is 7.63. The van der Waals surface area contributed by atoms with E-state index in [1.807, 2.05) is 14.1 Å². The van der Waals surface area contributed by atoms with E-state index in [4.69, 9.17) is 0 Å². The summed E-state index contributed by atoms with van der Waals surface area (Å²) in [5.41, 5.74) is 2.47. The van der Waals surface area contributed by atoms with E-state index in [1.54, 1.807) is 0 Å². The highest BCUT2D eigenvalue weighted by Crippen LogP contribution is 2.19. The van der Waals surface area contributed by atoms with Gasteiger partial charge in [-0.3, -0.25) is 4.79 Å². The van der Waals surface area contributed by atoms with Crippen molar-refractivity contribution >= 4 is 11.6 Å². The van der Waals surface area contributed by atoms with Crippen LogP contribution in [0.3, 0.4) is 0 Å². The Balaban J connectivity index is 2.72. The van der Waals surface area contributed by atoms with Gasteiger partial charge in [-0.15, -0.1) is 0 Å². The van der Waals surface area contributed by atoms with Crippen LogP contribution in [-0.4, -0.2) is 40.6 Å². The van der Waals surface area contributed by atoms with Crippen molar-refractivity contribution in [3.05, 3.63) is 29.8 Å². The Morgan fingerprint density at radius 2 is 1.73 bits per heavy atom. The third-order valence-corrected chi connectivity index (χ3v) is 3.70. The highest BCUT2D eigenvalue weighted by molar-refractivity contribution is 5.76. The number of amides is 1. The molecule has 124 valence electrons. The number of carbonyl (C=O) groups excluding carboxylic acids is 1. The largest absolute Gasteiger partial charge is 0.378 e. The van der Waals surface area contributed by atoms with Crippen molar-refractivity contribution in [1.29, 1.82) is 0 Å². The second-order valence-corrected chi connectivity index (χ2v) is 7.66. The molecule has 22 heavy (non-hydrogen) atoms. The molecule has 0 aliphatic carbocycles. The molecule has 1 aromatic carbocycles. The fourth-order valence-corrected chi connectivity index (χ4v) is 2.42. The smallest absolute Gasteiger partial charge is 0.220 e. The lowest BCUT2D eigenvalue weighted by Crippen LogP contribution is -3.07. The standard InChI is InChI=1S/C18H31N3O/c1-18(2,3)12-17(22)19-13-16(21(6)7)14-8-10-15(11-9-14)20(4)5/h8-11,16H,12-13H2,1-7H3,(H,19,22)/p+1/t16-/m1/s1. The van der Waals surface area contributed by atoms with Crippen LogP contribution in [0, 0.1) is 5.41 Å². The number of likely N-dealkylation sites (N-methyl/N-ethyl adjacent to an activating group) is 1. The van der Waals surface area contributed by atoms with Crippen LogP contribution >= 0.6 is 0 Å². The zero-order valence-electron chi connectivity index (χ0n) is 15.2. The highest BCUT2D eigenvalue weighted by Gasteiger charge is 2.21. The van der Waals surface area contributed by atoms with Gasteiger partial charge in [0.1, 0.15) is 6.04 Å². The minimum atomic E-state index is 0.0257. The van der Waals surface area contributed by atoms with Crippen LogP contribution in [0.4, 0.5) is 5.69 Å². The lowest BCUT2D eigenvalue weighted by atomic mass is 9.92. The van der Waals surface area contributed by atoms with Crippen molar-refractivity contribution in [3.63, 3.8) is 0 Å². The lowest BCUT2D eigenvalue weighted by molar-refractivity contribution is -0.890. The van der Waals surface area contributed by atoms with Gasteiger partial charge in [0, 0.05) is 31.8 Å². The van der Waals surface area contributed by atoms with E-state index in [0.29, 0.717) is 13.0 Å². The van der Waals surface area contributed by atoms with Crippen LogP contribution in [0.25, 0.3) is 0 Å². The summed E-state index contributed by atoms with van der Waals surface area (Å²) in [6.45, 7) is 6.92. The molecule has 0 saturated heterocycles. The van der Waals surface area contributed by atoms with Crippen molar-refractivity contribution in [2.75, 3.05) is 39.6 Å². The number of anilines is 1. The van der Waals surface area contributed by atoms with E-state index in [-0.39, 0.29) is 17.4 Å². The first-order valence-corrected chi connectivity index (χ1v) is 7.94. The fourth-order valence-electron chi connectivity index (χ4n) is 2.42. The van der Waals surface area contributed by atoms with Gasteiger partial charge in [-0.2, -0.15) is 0 Å². The maximum absolute atomic E-state index is 12.0. The predicted molar refractivity (Wildman–Crippen MR) is 93.4 cm³/mol. The van der Waals surface area contributed by atoms with E-state index in [1.165, 1.54) is 16.2 Å². The minimum Gasteiger partial charge on any atom is -0.378 e. The average Bonchev–Trinajstić information content (AvgIpc) is 2.37. The monoisotopic (exact) mass is 306 g/mol. The third kappa shape index (κ3) is 6.06. The molecule has 4 nitrogen and oxygen atoms in total. The fraction of sp³-hybridized carbons (Fsp3) is 0.611. The van der Waals surface area contributed by atoms with Gasteiger partial charge in [0.15, 0.2) is 0 Å². The molecular weight excluding hydrogens is 274 g/mol. The molecule has 1 rings (SSSR count). The van der Waals surface area contributed by atoms with E-state index >= 15 is 0 Å². The van der Waals surface area contributed by atoms with Crippen molar-refractivity contribution < 1.29 is 9.69 Å². The SMILES string of the molecule is CN(C)c1ccc([C@@H](CNC(=O)CC(C)(C)C)[NH+](C)C)cc1. The normalized spacial score (nSPS) is 13.1. The molecule has 0 fully saturated rings. The van der Waals surface area contributed by atoms with E-state index in [0.717, 1.165) is 0 Å². The number of quaternary nitrogens is 1. The van der Waals surface area contributed by atoms with Crippen molar-refractivity contribution in [1.82, 2.24) is 5.32 Å². The Kier molecular flexibility index (Phi) is 6.42. The molecule has 0 heterocycles. The van der Waals surface area contributed by atoms with E-state index in [9.17, 15) is 4.79 Å². The van der Waals surface area contributed by atoms with Crippen LogP contribution in [0.1, 0.15) is 38.8 Å². The van der Waals surface area contributed by atoms with Crippen LogP contribution in [0.5, 0.6) is 0 Å². The Morgan fingerprint density at radius 1 is 1.18 bits per heavy atom. The Labute approximate surface area is 135 Å². The molecule has 4 heteroatoms.